The van der Waals surface area contributed by atoms with E-state index in [1.807, 2.05) is 18.4 Å². The van der Waals surface area contributed by atoms with Gasteiger partial charge in [0.1, 0.15) is 6.17 Å². The lowest BCUT2D eigenvalue weighted by Gasteiger charge is -2.39. The molecule has 0 aromatic rings. The van der Waals surface area contributed by atoms with Gasteiger partial charge in [0.2, 0.25) is 6.41 Å². The predicted molar refractivity (Wildman–Crippen MR) is 93.4 cm³/mol. The van der Waals surface area contributed by atoms with Gasteiger partial charge in [-0.05, 0) is 18.2 Å². The average Bonchev–Trinajstić information content (AvgIpc) is 2.88. The number of nitrogens with one attached hydrogen (secondary N) is 1. The van der Waals surface area contributed by atoms with Crippen molar-refractivity contribution in [1.29, 1.82) is 0 Å². The molecule has 0 aromatic carbocycles. The number of rotatable bonds is 2. The number of hydrogen-bond acceptors (Lipinski definition) is 5. The highest BCUT2D eigenvalue weighted by atomic mass is 35.5. The van der Waals surface area contributed by atoms with Gasteiger partial charge in [-0.2, -0.15) is 0 Å². The number of carbonyl (C=O) groups is 1. The van der Waals surface area contributed by atoms with E-state index < -0.39 is 0 Å². The van der Waals surface area contributed by atoms with Gasteiger partial charge in [0, 0.05) is 32.4 Å². The van der Waals surface area contributed by atoms with E-state index in [0.717, 1.165) is 38.3 Å². The fourth-order valence-electron chi connectivity index (χ4n) is 2.92. The number of piperazine rings is 1. The Bertz CT molecular complexity index is 569. The zero-order chi connectivity index (χ0) is 13.5. The summed E-state index contributed by atoms with van der Waals surface area (Å²) in [7, 11) is 0. The number of hydrogen-bond donors (Lipinski definition) is 1. The zero-order valence-electron chi connectivity index (χ0n) is 11.8. The van der Waals surface area contributed by atoms with Crippen molar-refractivity contribution < 1.29 is 4.79 Å². The maximum atomic E-state index is 11.2. The molecule has 1 fully saturated rings. The Kier molecular flexibility index (Phi) is 5.50. The van der Waals surface area contributed by atoms with E-state index in [1.165, 1.54) is 10.1 Å². The van der Waals surface area contributed by atoms with Crippen LogP contribution in [0.25, 0.3) is 0 Å². The van der Waals surface area contributed by atoms with E-state index in [9.17, 15) is 4.79 Å². The summed E-state index contributed by atoms with van der Waals surface area (Å²) in [6.45, 7) is 4.14. The molecular formula is C14H18Cl2N4OS. The highest BCUT2D eigenvalue weighted by molar-refractivity contribution is 8.06. The van der Waals surface area contributed by atoms with Crippen LogP contribution in [0.4, 0.5) is 0 Å². The van der Waals surface area contributed by atoms with E-state index in [1.54, 1.807) is 16.7 Å². The number of nitrogens with zero attached hydrogens (tertiary/aromatic N) is 3. The fraction of sp³-hybridized carbons (Fsp3) is 0.357. The van der Waals surface area contributed by atoms with Gasteiger partial charge < -0.3 is 15.1 Å². The van der Waals surface area contributed by atoms with Crippen LogP contribution in [-0.4, -0.2) is 53.5 Å². The maximum Gasteiger partial charge on any atom is 0.215 e. The number of halogens is 2. The molecule has 0 radical (unpaired) electrons. The molecule has 22 heavy (non-hydrogen) atoms. The van der Waals surface area contributed by atoms with Crippen molar-refractivity contribution in [2.45, 2.75) is 6.17 Å². The van der Waals surface area contributed by atoms with E-state index in [4.69, 9.17) is 0 Å². The molecular weight excluding hydrogens is 343 g/mol. The van der Waals surface area contributed by atoms with Crippen LogP contribution in [0.1, 0.15) is 0 Å². The maximum absolute atomic E-state index is 11.2. The summed E-state index contributed by atoms with van der Waals surface area (Å²) >= 11 is 1.79. The van der Waals surface area contributed by atoms with Gasteiger partial charge in [-0.3, -0.25) is 9.69 Å². The number of amides is 1. The number of carbonyl (C=O) groups excluding carboxylic acids is 1. The van der Waals surface area contributed by atoms with Gasteiger partial charge in [-0.25, -0.2) is 0 Å². The second kappa shape index (κ2) is 7.00. The van der Waals surface area contributed by atoms with Gasteiger partial charge >= 0.3 is 0 Å². The van der Waals surface area contributed by atoms with Crippen LogP contribution in [0, 0.1) is 0 Å². The molecule has 4 aliphatic heterocycles. The Hall–Kier alpha value is -1.08. The highest BCUT2D eigenvalue weighted by Gasteiger charge is 2.37. The molecule has 1 N–H and O–H groups in total. The Morgan fingerprint density at radius 1 is 1.23 bits per heavy atom. The molecule has 1 amide bonds. The summed E-state index contributed by atoms with van der Waals surface area (Å²) in [5, 5.41) is 5.85. The minimum absolute atomic E-state index is 0. The molecule has 1 unspecified atom stereocenters. The Morgan fingerprint density at radius 2 is 2.00 bits per heavy atom. The molecule has 0 spiro atoms. The van der Waals surface area contributed by atoms with E-state index in [2.05, 4.69) is 27.3 Å². The lowest BCUT2D eigenvalue weighted by molar-refractivity contribution is -0.117. The standard InChI is InChI=1S/C14H16N4OS.2ClH/c19-10-17-9-11-8-14(16-6-4-15-5-7-16)20-13-3-1-2-12(17)18(11)13;;/h1-3,8-10,12,15H,4-7H2;2*1H. The second-order valence-corrected chi connectivity index (χ2v) is 6.14. The molecule has 8 heteroatoms. The van der Waals surface area contributed by atoms with Crippen molar-refractivity contribution in [3.63, 3.8) is 0 Å². The quantitative estimate of drug-likeness (QED) is 0.758. The third-order valence-corrected chi connectivity index (χ3v) is 5.05. The Morgan fingerprint density at radius 3 is 2.73 bits per heavy atom. The SMILES string of the molecule is Cl.Cl.O=CN1C=C2C=C(N3CCNCC3)SC3=CC=CC1N23. The molecule has 1 atom stereocenters. The zero-order valence-corrected chi connectivity index (χ0v) is 14.3. The molecule has 120 valence electrons. The van der Waals surface area contributed by atoms with Crippen LogP contribution in [0.3, 0.4) is 0 Å². The molecule has 0 aromatic heterocycles. The molecule has 0 saturated carbocycles. The topological polar surface area (TPSA) is 38.8 Å². The van der Waals surface area contributed by atoms with Crippen molar-refractivity contribution in [3.05, 3.63) is 46.3 Å². The first-order chi connectivity index (χ1) is 9.86. The lowest BCUT2D eigenvalue weighted by atomic mass is 10.2. The second-order valence-electron chi connectivity index (χ2n) is 5.10. The van der Waals surface area contributed by atoms with E-state index >= 15 is 0 Å². The number of allylic oxidation sites excluding steroid dienone is 3. The van der Waals surface area contributed by atoms with Gasteiger partial charge in [-0.1, -0.05) is 17.8 Å². The smallest absolute Gasteiger partial charge is 0.215 e. The molecule has 5 nitrogen and oxygen atoms in total. The summed E-state index contributed by atoms with van der Waals surface area (Å²) in [6, 6.07) is 0. The van der Waals surface area contributed by atoms with Crippen molar-refractivity contribution in [3.8, 4) is 0 Å². The fourth-order valence-corrected chi connectivity index (χ4v) is 4.09. The van der Waals surface area contributed by atoms with Gasteiger partial charge in [0.05, 0.1) is 15.8 Å². The van der Waals surface area contributed by atoms with Crippen LogP contribution in [0.5, 0.6) is 0 Å². The largest absolute Gasteiger partial charge is 0.363 e. The van der Waals surface area contributed by atoms with Crippen molar-refractivity contribution in [1.82, 2.24) is 20.0 Å². The molecule has 4 aliphatic rings. The molecule has 4 heterocycles. The van der Waals surface area contributed by atoms with Gasteiger partial charge in [0.25, 0.3) is 0 Å². The highest BCUT2D eigenvalue weighted by Crippen LogP contribution is 2.44. The molecule has 0 aliphatic carbocycles. The normalized spacial score (nSPS) is 25.4. The van der Waals surface area contributed by atoms with Crippen LogP contribution >= 0.6 is 36.6 Å². The third-order valence-electron chi connectivity index (χ3n) is 3.92. The summed E-state index contributed by atoms with van der Waals surface area (Å²) in [4.78, 5) is 17.5. The predicted octanol–water partition coefficient (Wildman–Crippen LogP) is 1.68. The first kappa shape index (κ1) is 17.3. The van der Waals surface area contributed by atoms with Gasteiger partial charge in [0.15, 0.2) is 0 Å². The minimum Gasteiger partial charge on any atom is -0.363 e. The molecule has 4 rings (SSSR count). The summed E-state index contributed by atoms with van der Waals surface area (Å²) < 4.78 is 0. The summed E-state index contributed by atoms with van der Waals surface area (Å²) in [5.41, 5.74) is 1.10. The van der Waals surface area contributed by atoms with Crippen molar-refractivity contribution in [2.24, 2.45) is 0 Å². The summed E-state index contributed by atoms with van der Waals surface area (Å²) in [5.74, 6) is 0. The Balaban J connectivity index is 0.000000882. The van der Waals surface area contributed by atoms with E-state index in [-0.39, 0.29) is 31.0 Å². The van der Waals surface area contributed by atoms with Crippen LogP contribution in [-0.2, 0) is 4.79 Å². The lowest BCUT2D eigenvalue weighted by Crippen LogP contribution is -2.44. The van der Waals surface area contributed by atoms with Crippen molar-refractivity contribution in [2.75, 3.05) is 26.2 Å². The minimum atomic E-state index is 0. The molecule has 1 saturated heterocycles. The van der Waals surface area contributed by atoms with Crippen molar-refractivity contribution >= 4 is 43.0 Å². The monoisotopic (exact) mass is 360 g/mol. The average molecular weight is 361 g/mol. The summed E-state index contributed by atoms with van der Waals surface area (Å²) in [6.07, 6.45) is 11.2. The van der Waals surface area contributed by atoms with Crippen LogP contribution in [0.2, 0.25) is 0 Å². The van der Waals surface area contributed by atoms with Crippen LogP contribution < -0.4 is 5.32 Å². The van der Waals surface area contributed by atoms with Gasteiger partial charge in [-0.15, -0.1) is 24.8 Å². The molecule has 0 bridgehead atoms. The third kappa shape index (κ3) is 2.76. The van der Waals surface area contributed by atoms with E-state index in [0.29, 0.717) is 0 Å². The Labute approximate surface area is 146 Å². The van der Waals surface area contributed by atoms with Crippen LogP contribution in [0.15, 0.2) is 46.3 Å². The first-order valence-corrected chi connectivity index (χ1v) is 7.66. The number of thioether (sulfide) groups is 1. The first-order valence-electron chi connectivity index (χ1n) is 6.84.